The first kappa shape index (κ1) is 14.3. The molecule has 1 fully saturated rings. The highest BCUT2D eigenvalue weighted by molar-refractivity contribution is 6.29. The highest BCUT2D eigenvalue weighted by Crippen LogP contribution is 2.21. The highest BCUT2D eigenvalue weighted by Gasteiger charge is 2.29. The predicted octanol–water partition coefficient (Wildman–Crippen LogP) is 2.28. The molecule has 1 aliphatic heterocycles. The number of likely N-dealkylation sites (tertiary alicyclic amines) is 1. The van der Waals surface area contributed by atoms with Crippen LogP contribution in [0, 0.1) is 0 Å². The Morgan fingerprint density at radius 1 is 1.58 bits per heavy atom. The minimum Gasteiger partial charge on any atom is -0.394 e. The molecule has 4 nitrogen and oxygen atoms in total. The van der Waals surface area contributed by atoms with Crippen LogP contribution < -0.4 is 0 Å². The molecule has 19 heavy (non-hydrogen) atoms. The molecule has 0 unspecified atom stereocenters. The smallest absolute Gasteiger partial charge is 0.254 e. The number of hydrogen-bond donors (Lipinski definition) is 1. The normalized spacial score (nSPS) is 18.9. The molecule has 2 heterocycles. The zero-order valence-corrected chi connectivity index (χ0v) is 11.9. The van der Waals surface area contributed by atoms with Crippen LogP contribution in [0.4, 0.5) is 0 Å². The van der Waals surface area contributed by atoms with Crippen LogP contribution in [0.3, 0.4) is 0 Å². The summed E-state index contributed by atoms with van der Waals surface area (Å²) in [7, 11) is 0. The molecular formula is C14H19ClN2O2. The van der Waals surface area contributed by atoms with E-state index in [1.165, 1.54) is 0 Å². The fourth-order valence-corrected chi connectivity index (χ4v) is 2.74. The van der Waals surface area contributed by atoms with Crippen molar-refractivity contribution in [2.24, 2.45) is 0 Å². The van der Waals surface area contributed by atoms with E-state index in [-0.39, 0.29) is 18.6 Å². The van der Waals surface area contributed by atoms with Crippen molar-refractivity contribution in [1.29, 1.82) is 0 Å². The molecule has 1 saturated heterocycles. The standard InChI is InChI=1S/C14H19ClN2O2/c1-2-4-11-7-10(8-13(15)16-11)14(19)17-6-3-5-12(17)9-18/h7-8,12,18H,2-6,9H2,1H3/t12-/m1/s1. The van der Waals surface area contributed by atoms with Gasteiger partial charge < -0.3 is 10.0 Å². The number of aliphatic hydroxyl groups excluding tert-OH is 1. The van der Waals surface area contributed by atoms with Crippen molar-refractivity contribution in [1.82, 2.24) is 9.88 Å². The second-order valence-corrected chi connectivity index (χ2v) is 5.28. The number of aromatic nitrogens is 1. The zero-order chi connectivity index (χ0) is 13.8. The van der Waals surface area contributed by atoms with Gasteiger partial charge >= 0.3 is 0 Å². The summed E-state index contributed by atoms with van der Waals surface area (Å²) >= 11 is 5.98. The number of carbonyl (C=O) groups is 1. The third-order valence-electron chi connectivity index (χ3n) is 3.45. The van der Waals surface area contributed by atoms with Crippen LogP contribution >= 0.6 is 11.6 Å². The summed E-state index contributed by atoms with van der Waals surface area (Å²) < 4.78 is 0. The second kappa shape index (κ2) is 6.35. The van der Waals surface area contributed by atoms with Gasteiger partial charge in [0.15, 0.2) is 0 Å². The maximum absolute atomic E-state index is 12.5. The summed E-state index contributed by atoms with van der Waals surface area (Å²) in [6.45, 7) is 2.78. The topological polar surface area (TPSA) is 53.4 Å². The van der Waals surface area contributed by atoms with Crippen molar-refractivity contribution in [2.75, 3.05) is 13.2 Å². The van der Waals surface area contributed by atoms with Crippen LogP contribution in [-0.4, -0.2) is 40.1 Å². The predicted molar refractivity (Wildman–Crippen MR) is 74.4 cm³/mol. The van der Waals surface area contributed by atoms with E-state index in [0.29, 0.717) is 17.3 Å². The van der Waals surface area contributed by atoms with Gasteiger partial charge in [0.05, 0.1) is 12.6 Å². The van der Waals surface area contributed by atoms with Crippen LogP contribution in [0.1, 0.15) is 42.2 Å². The molecule has 0 aliphatic carbocycles. The van der Waals surface area contributed by atoms with E-state index in [0.717, 1.165) is 31.4 Å². The number of pyridine rings is 1. The highest BCUT2D eigenvalue weighted by atomic mass is 35.5. The summed E-state index contributed by atoms with van der Waals surface area (Å²) in [6, 6.07) is 3.36. The molecule has 104 valence electrons. The van der Waals surface area contributed by atoms with E-state index in [1.54, 1.807) is 11.0 Å². The Morgan fingerprint density at radius 2 is 2.37 bits per heavy atom. The number of nitrogens with zero attached hydrogens (tertiary/aromatic N) is 2. The molecule has 1 N–H and O–H groups in total. The van der Waals surface area contributed by atoms with Crippen LogP contribution in [0.25, 0.3) is 0 Å². The molecule has 0 aromatic carbocycles. The lowest BCUT2D eigenvalue weighted by Gasteiger charge is -2.23. The third kappa shape index (κ3) is 3.25. The van der Waals surface area contributed by atoms with Crippen LogP contribution in [0.2, 0.25) is 5.15 Å². The maximum atomic E-state index is 12.5. The van der Waals surface area contributed by atoms with Crippen LogP contribution in [0.5, 0.6) is 0 Å². The van der Waals surface area contributed by atoms with E-state index in [9.17, 15) is 9.90 Å². The van der Waals surface area contributed by atoms with Gasteiger partial charge in [0.1, 0.15) is 5.15 Å². The minimum atomic E-state index is -0.0611. The van der Waals surface area contributed by atoms with Crippen molar-refractivity contribution >= 4 is 17.5 Å². The zero-order valence-electron chi connectivity index (χ0n) is 11.1. The Morgan fingerprint density at radius 3 is 3.05 bits per heavy atom. The quantitative estimate of drug-likeness (QED) is 0.862. The molecule has 1 aromatic rings. The molecule has 1 amide bonds. The fraction of sp³-hybridized carbons (Fsp3) is 0.571. The van der Waals surface area contributed by atoms with Crippen molar-refractivity contribution in [3.63, 3.8) is 0 Å². The minimum absolute atomic E-state index is 0.0202. The number of hydrogen-bond acceptors (Lipinski definition) is 3. The third-order valence-corrected chi connectivity index (χ3v) is 3.64. The van der Waals surface area contributed by atoms with Gasteiger partial charge in [0.25, 0.3) is 5.91 Å². The average molecular weight is 283 g/mol. The van der Waals surface area contributed by atoms with E-state index >= 15 is 0 Å². The number of amides is 1. The van der Waals surface area contributed by atoms with Gasteiger partial charge in [-0.15, -0.1) is 0 Å². The molecule has 1 aliphatic rings. The molecule has 0 saturated carbocycles. The lowest BCUT2D eigenvalue weighted by Crippen LogP contribution is -2.37. The molecule has 0 bridgehead atoms. The fourth-order valence-electron chi connectivity index (χ4n) is 2.52. The van der Waals surface area contributed by atoms with E-state index in [4.69, 9.17) is 11.6 Å². The summed E-state index contributed by atoms with van der Waals surface area (Å²) in [5, 5.41) is 9.65. The largest absolute Gasteiger partial charge is 0.394 e. The summed E-state index contributed by atoms with van der Waals surface area (Å²) in [5.74, 6) is -0.0572. The van der Waals surface area contributed by atoms with E-state index in [2.05, 4.69) is 11.9 Å². The second-order valence-electron chi connectivity index (χ2n) is 4.90. The molecule has 5 heteroatoms. The average Bonchev–Trinajstić information content (AvgIpc) is 2.85. The van der Waals surface area contributed by atoms with Gasteiger partial charge in [0, 0.05) is 17.8 Å². The monoisotopic (exact) mass is 282 g/mol. The summed E-state index contributed by atoms with van der Waals surface area (Å²) in [6.07, 6.45) is 3.58. The van der Waals surface area contributed by atoms with Crippen LogP contribution in [0.15, 0.2) is 12.1 Å². The first-order chi connectivity index (χ1) is 9.15. The molecular weight excluding hydrogens is 264 g/mol. The number of rotatable bonds is 4. The number of carbonyl (C=O) groups excluding carboxylic acids is 1. The van der Waals surface area contributed by atoms with Gasteiger partial charge in [-0.05, 0) is 31.4 Å². The van der Waals surface area contributed by atoms with Gasteiger partial charge in [-0.2, -0.15) is 0 Å². The maximum Gasteiger partial charge on any atom is 0.254 e. The van der Waals surface area contributed by atoms with E-state index < -0.39 is 0 Å². The van der Waals surface area contributed by atoms with Crippen molar-refractivity contribution < 1.29 is 9.90 Å². The van der Waals surface area contributed by atoms with Crippen molar-refractivity contribution in [3.8, 4) is 0 Å². The number of halogens is 1. The molecule has 0 spiro atoms. The van der Waals surface area contributed by atoms with Gasteiger partial charge in [-0.25, -0.2) is 4.98 Å². The molecule has 1 aromatic heterocycles. The first-order valence-electron chi connectivity index (χ1n) is 6.74. The van der Waals surface area contributed by atoms with Crippen LogP contribution in [-0.2, 0) is 6.42 Å². The molecule has 1 atom stereocenters. The number of aryl methyl sites for hydroxylation is 1. The SMILES string of the molecule is CCCc1cc(C(=O)N2CCC[C@@H]2CO)cc(Cl)n1. The Kier molecular flexibility index (Phi) is 4.77. The lowest BCUT2D eigenvalue weighted by molar-refractivity contribution is 0.0677. The molecule has 0 radical (unpaired) electrons. The Bertz CT molecular complexity index is 465. The Labute approximate surface area is 118 Å². The molecule has 2 rings (SSSR count). The first-order valence-corrected chi connectivity index (χ1v) is 7.11. The Hall–Kier alpha value is -1.13. The van der Waals surface area contributed by atoms with Crippen molar-refractivity contribution in [3.05, 3.63) is 28.5 Å². The Balaban J connectivity index is 2.23. The van der Waals surface area contributed by atoms with Gasteiger partial charge in [-0.3, -0.25) is 4.79 Å². The lowest BCUT2D eigenvalue weighted by atomic mass is 10.1. The number of aliphatic hydroxyl groups is 1. The van der Waals surface area contributed by atoms with E-state index in [1.807, 2.05) is 6.07 Å². The summed E-state index contributed by atoms with van der Waals surface area (Å²) in [5.41, 5.74) is 1.42. The van der Waals surface area contributed by atoms with Crippen molar-refractivity contribution in [2.45, 2.75) is 38.6 Å². The summed E-state index contributed by atoms with van der Waals surface area (Å²) in [4.78, 5) is 18.4. The van der Waals surface area contributed by atoms with Gasteiger partial charge in [-0.1, -0.05) is 24.9 Å². The van der Waals surface area contributed by atoms with Gasteiger partial charge in [0.2, 0.25) is 0 Å².